The molecule has 0 aromatic carbocycles. The summed E-state index contributed by atoms with van der Waals surface area (Å²) >= 11 is 0. The zero-order valence-electron chi connectivity index (χ0n) is 7.36. The van der Waals surface area contributed by atoms with Gasteiger partial charge in [-0.15, -0.1) is 0 Å². The lowest BCUT2D eigenvalue weighted by atomic mass is 10.4. The Labute approximate surface area is 72.1 Å². The van der Waals surface area contributed by atoms with Crippen molar-refractivity contribution in [2.75, 3.05) is 27.4 Å². The van der Waals surface area contributed by atoms with E-state index in [9.17, 15) is 0 Å². The molecule has 1 saturated heterocycles. The summed E-state index contributed by atoms with van der Waals surface area (Å²) in [7, 11) is 3.16. The van der Waals surface area contributed by atoms with Gasteiger partial charge in [0.2, 0.25) is 0 Å². The second-order valence-corrected chi connectivity index (χ2v) is 2.33. The predicted octanol–water partition coefficient (Wildman–Crippen LogP) is 0.534. The van der Waals surface area contributed by atoms with Crippen LogP contribution >= 0.6 is 0 Å². The highest BCUT2D eigenvalue weighted by molar-refractivity contribution is 4.89. The average Bonchev–Trinajstić information content (AvgIpc) is 2.59. The number of ether oxygens (including phenoxy) is 4. The van der Waals surface area contributed by atoms with E-state index in [1.54, 1.807) is 26.4 Å². The molecule has 0 radical (unpaired) electrons. The minimum absolute atomic E-state index is 0.238. The fourth-order valence-electron chi connectivity index (χ4n) is 0.923. The third-order valence-electron chi connectivity index (χ3n) is 1.54. The van der Waals surface area contributed by atoms with Crippen molar-refractivity contribution in [1.82, 2.24) is 0 Å². The maximum absolute atomic E-state index is 5.17. The van der Waals surface area contributed by atoms with Crippen LogP contribution in [0.3, 0.4) is 0 Å². The van der Waals surface area contributed by atoms with E-state index in [1.165, 1.54) is 0 Å². The summed E-state index contributed by atoms with van der Waals surface area (Å²) in [6.07, 6.45) is 2.98. The van der Waals surface area contributed by atoms with Crippen LogP contribution < -0.4 is 0 Å². The SMILES string of the molecule is COC(/C=C/C1OCCO1)OC. The Morgan fingerprint density at radius 1 is 1.25 bits per heavy atom. The largest absolute Gasteiger partial charge is 0.352 e. The first-order valence-electron chi connectivity index (χ1n) is 3.84. The molecule has 0 spiro atoms. The van der Waals surface area contributed by atoms with E-state index in [-0.39, 0.29) is 12.6 Å². The van der Waals surface area contributed by atoms with Crippen molar-refractivity contribution < 1.29 is 18.9 Å². The fourth-order valence-corrected chi connectivity index (χ4v) is 0.923. The maximum Gasteiger partial charge on any atom is 0.177 e. The van der Waals surface area contributed by atoms with Crippen molar-refractivity contribution in [3.63, 3.8) is 0 Å². The van der Waals surface area contributed by atoms with Gasteiger partial charge in [-0.25, -0.2) is 0 Å². The molecule has 1 aliphatic heterocycles. The monoisotopic (exact) mass is 174 g/mol. The van der Waals surface area contributed by atoms with Gasteiger partial charge in [0.15, 0.2) is 12.6 Å². The molecule has 70 valence electrons. The molecule has 0 aromatic rings. The topological polar surface area (TPSA) is 36.9 Å². The van der Waals surface area contributed by atoms with Gasteiger partial charge in [0.05, 0.1) is 13.2 Å². The fraction of sp³-hybridized carbons (Fsp3) is 0.750. The van der Waals surface area contributed by atoms with Crippen molar-refractivity contribution in [3.8, 4) is 0 Å². The molecular weight excluding hydrogens is 160 g/mol. The zero-order valence-corrected chi connectivity index (χ0v) is 7.36. The molecule has 4 nitrogen and oxygen atoms in total. The minimum atomic E-state index is -0.321. The van der Waals surface area contributed by atoms with Gasteiger partial charge in [0.1, 0.15) is 0 Å². The van der Waals surface area contributed by atoms with E-state index < -0.39 is 0 Å². The molecule has 1 fully saturated rings. The van der Waals surface area contributed by atoms with Crippen molar-refractivity contribution in [2.45, 2.75) is 12.6 Å². The van der Waals surface area contributed by atoms with E-state index in [0.29, 0.717) is 13.2 Å². The normalized spacial score (nSPS) is 19.9. The molecule has 0 aliphatic carbocycles. The van der Waals surface area contributed by atoms with Crippen molar-refractivity contribution in [2.24, 2.45) is 0 Å². The first kappa shape index (κ1) is 9.67. The molecule has 0 amide bonds. The van der Waals surface area contributed by atoms with E-state index >= 15 is 0 Å². The number of rotatable bonds is 4. The first-order valence-corrected chi connectivity index (χ1v) is 3.84. The molecule has 0 saturated carbocycles. The highest BCUT2D eigenvalue weighted by Gasteiger charge is 2.12. The van der Waals surface area contributed by atoms with Crippen LogP contribution in [0.5, 0.6) is 0 Å². The Bertz CT molecular complexity index is 132. The molecule has 12 heavy (non-hydrogen) atoms. The Balaban J connectivity index is 2.26. The van der Waals surface area contributed by atoms with Gasteiger partial charge in [0.25, 0.3) is 0 Å². The van der Waals surface area contributed by atoms with Gasteiger partial charge >= 0.3 is 0 Å². The maximum atomic E-state index is 5.17. The van der Waals surface area contributed by atoms with Gasteiger partial charge < -0.3 is 18.9 Å². The summed E-state index contributed by atoms with van der Waals surface area (Å²) in [5.74, 6) is 0. The molecule has 4 heteroatoms. The number of methoxy groups -OCH3 is 2. The lowest BCUT2D eigenvalue weighted by molar-refractivity contribution is -0.0690. The highest BCUT2D eigenvalue weighted by Crippen LogP contribution is 2.05. The molecule has 0 bridgehead atoms. The minimum Gasteiger partial charge on any atom is -0.352 e. The van der Waals surface area contributed by atoms with Gasteiger partial charge in [-0.3, -0.25) is 0 Å². The van der Waals surface area contributed by atoms with Crippen molar-refractivity contribution in [1.29, 1.82) is 0 Å². The smallest absolute Gasteiger partial charge is 0.177 e. The second kappa shape index (κ2) is 5.27. The van der Waals surface area contributed by atoms with E-state index in [0.717, 1.165) is 0 Å². The molecular formula is C8H14O4. The Hall–Kier alpha value is -0.420. The van der Waals surface area contributed by atoms with Crippen LogP contribution in [0.15, 0.2) is 12.2 Å². The first-order chi connectivity index (χ1) is 5.86. The van der Waals surface area contributed by atoms with Crippen molar-refractivity contribution >= 4 is 0 Å². The van der Waals surface area contributed by atoms with Crippen LogP contribution in [-0.2, 0) is 18.9 Å². The standard InChI is InChI=1S/C8H14O4/c1-9-7(10-2)3-4-8-11-5-6-12-8/h3-4,7-8H,5-6H2,1-2H3/b4-3+. The highest BCUT2D eigenvalue weighted by atomic mass is 16.7. The Morgan fingerprint density at radius 2 is 1.83 bits per heavy atom. The van der Waals surface area contributed by atoms with Crippen LogP contribution in [0.1, 0.15) is 0 Å². The van der Waals surface area contributed by atoms with E-state index in [4.69, 9.17) is 18.9 Å². The summed E-state index contributed by atoms with van der Waals surface area (Å²) in [6.45, 7) is 1.30. The predicted molar refractivity (Wildman–Crippen MR) is 42.6 cm³/mol. The molecule has 0 aromatic heterocycles. The molecule has 1 heterocycles. The summed E-state index contributed by atoms with van der Waals surface area (Å²) in [5, 5.41) is 0. The zero-order chi connectivity index (χ0) is 8.81. The molecule has 0 atom stereocenters. The lowest BCUT2D eigenvalue weighted by Gasteiger charge is -2.08. The van der Waals surface area contributed by atoms with Crippen LogP contribution in [0.4, 0.5) is 0 Å². The van der Waals surface area contributed by atoms with Crippen LogP contribution in [0.25, 0.3) is 0 Å². The number of hydrogen-bond acceptors (Lipinski definition) is 4. The van der Waals surface area contributed by atoms with Gasteiger partial charge in [-0.1, -0.05) is 0 Å². The van der Waals surface area contributed by atoms with Crippen molar-refractivity contribution in [3.05, 3.63) is 12.2 Å². The molecule has 1 rings (SSSR count). The van der Waals surface area contributed by atoms with Crippen LogP contribution in [0.2, 0.25) is 0 Å². The van der Waals surface area contributed by atoms with Gasteiger partial charge in [0, 0.05) is 14.2 Å². The van der Waals surface area contributed by atoms with Crippen LogP contribution in [0, 0.1) is 0 Å². The molecule has 1 aliphatic rings. The van der Waals surface area contributed by atoms with E-state index in [1.807, 2.05) is 0 Å². The lowest BCUT2D eigenvalue weighted by Crippen LogP contribution is -2.11. The Kier molecular flexibility index (Phi) is 4.24. The summed E-state index contributed by atoms with van der Waals surface area (Å²) in [4.78, 5) is 0. The second-order valence-electron chi connectivity index (χ2n) is 2.33. The van der Waals surface area contributed by atoms with E-state index in [2.05, 4.69) is 0 Å². The van der Waals surface area contributed by atoms with Gasteiger partial charge in [-0.05, 0) is 12.2 Å². The quantitative estimate of drug-likeness (QED) is 0.460. The number of hydrogen-bond donors (Lipinski definition) is 0. The summed E-state index contributed by atoms with van der Waals surface area (Å²) in [5.41, 5.74) is 0. The van der Waals surface area contributed by atoms with Crippen LogP contribution in [-0.4, -0.2) is 40.0 Å². The Morgan fingerprint density at radius 3 is 2.33 bits per heavy atom. The molecule has 0 unspecified atom stereocenters. The summed E-state index contributed by atoms with van der Waals surface area (Å²) < 4.78 is 20.2. The summed E-state index contributed by atoms with van der Waals surface area (Å²) in [6, 6.07) is 0. The third kappa shape index (κ3) is 2.91. The third-order valence-corrected chi connectivity index (χ3v) is 1.54. The average molecular weight is 174 g/mol. The molecule has 0 N–H and O–H groups in total. The van der Waals surface area contributed by atoms with Gasteiger partial charge in [-0.2, -0.15) is 0 Å².